The summed E-state index contributed by atoms with van der Waals surface area (Å²) in [6.07, 6.45) is 8.07. The van der Waals surface area contributed by atoms with Gasteiger partial charge in [-0.05, 0) is 25.3 Å². The lowest BCUT2D eigenvalue weighted by atomic mass is 10.1. The molecule has 1 aromatic heterocycles. The number of hydrogen-bond donors (Lipinski definition) is 1. The zero-order chi connectivity index (χ0) is 16.1. The van der Waals surface area contributed by atoms with E-state index >= 15 is 0 Å². The first-order chi connectivity index (χ1) is 11.2. The number of aryl methyl sites for hydroxylation is 1. The Morgan fingerprint density at radius 2 is 1.87 bits per heavy atom. The van der Waals surface area contributed by atoms with Gasteiger partial charge < -0.3 is 5.32 Å². The molecular formula is C19H24N2OS. The van der Waals surface area contributed by atoms with Crippen molar-refractivity contribution in [3.05, 3.63) is 51.5 Å². The minimum absolute atomic E-state index is 0.0613. The zero-order valence-corrected chi connectivity index (χ0v) is 14.5. The van der Waals surface area contributed by atoms with E-state index in [4.69, 9.17) is 0 Å². The van der Waals surface area contributed by atoms with Gasteiger partial charge in [0.15, 0.2) is 0 Å². The monoisotopic (exact) mass is 328 g/mol. The normalized spacial score (nSPS) is 16.0. The van der Waals surface area contributed by atoms with Gasteiger partial charge in [-0.2, -0.15) is 0 Å². The van der Waals surface area contributed by atoms with Crippen LogP contribution in [0.1, 0.15) is 64.5 Å². The second-order valence-corrected chi connectivity index (χ2v) is 7.43. The SMILES string of the molecule is Cc1nc(Cc2ccccc2)sc1C(=O)NC1CCCCCC1. The second-order valence-electron chi connectivity index (χ2n) is 6.35. The van der Waals surface area contributed by atoms with Crippen LogP contribution in [0.25, 0.3) is 0 Å². The minimum atomic E-state index is 0.0613. The second kappa shape index (κ2) is 7.73. The molecule has 1 saturated carbocycles. The molecule has 0 bridgehead atoms. The van der Waals surface area contributed by atoms with Gasteiger partial charge in [0.05, 0.1) is 10.7 Å². The predicted octanol–water partition coefficient (Wildman–Crippen LogP) is 4.49. The maximum Gasteiger partial charge on any atom is 0.263 e. The molecule has 4 heteroatoms. The first-order valence-electron chi connectivity index (χ1n) is 8.53. The van der Waals surface area contributed by atoms with E-state index in [-0.39, 0.29) is 5.91 Å². The smallest absolute Gasteiger partial charge is 0.263 e. The van der Waals surface area contributed by atoms with E-state index in [9.17, 15) is 4.79 Å². The highest BCUT2D eigenvalue weighted by Gasteiger charge is 2.20. The molecular weight excluding hydrogens is 304 g/mol. The maximum atomic E-state index is 12.6. The van der Waals surface area contributed by atoms with E-state index in [2.05, 4.69) is 22.4 Å². The average Bonchev–Trinajstić information content (AvgIpc) is 2.74. The zero-order valence-electron chi connectivity index (χ0n) is 13.7. The number of rotatable bonds is 4. The Morgan fingerprint density at radius 3 is 2.57 bits per heavy atom. The van der Waals surface area contributed by atoms with Crippen LogP contribution in [0.4, 0.5) is 0 Å². The molecule has 3 nitrogen and oxygen atoms in total. The largest absolute Gasteiger partial charge is 0.349 e. The highest BCUT2D eigenvalue weighted by molar-refractivity contribution is 7.13. The molecule has 1 fully saturated rings. The molecule has 0 radical (unpaired) electrons. The summed E-state index contributed by atoms with van der Waals surface area (Å²) in [4.78, 5) is 17.9. The fraction of sp³-hybridized carbons (Fsp3) is 0.474. The standard InChI is InChI=1S/C19H24N2OS/c1-14-18(19(22)21-16-11-7-2-3-8-12-16)23-17(20-14)13-15-9-5-4-6-10-15/h4-6,9-10,16H,2-3,7-8,11-13H2,1H3,(H,21,22). The van der Waals surface area contributed by atoms with E-state index in [1.165, 1.54) is 42.6 Å². The van der Waals surface area contributed by atoms with Crippen LogP contribution in [0.2, 0.25) is 0 Å². The number of benzene rings is 1. The van der Waals surface area contributed by atoms with Crippen molar-refractivity contribution < 1.29 is 4.79 Å². The summed E-state index contributed by atoms with van der Waals surface area (Å²) < 4.78 is 0. The fourth-order valence-electron chi connectivity index (χ4n) is 3.18. The van der Waals surface area contributed by atoms with Crippen LogP contribution in [0, 0.1) is 6.92 Å². The molecule has 0 atom stereocenters. The van der Waals surface area contributed by atoms with Crippen molar-refractivity contribution in [2.45, 2.75) is 57.9 Å². The van der Waals surface area contributed by atoms with Crippen molar-refractivity contribution in [3.8, 4) is 0 Å². The number of aromatic nitrogens is 1. The Kier molecular flexibility index (Phi) is 5.44. The summed E-state index contributed by atoms with van der Waals surface area (Å²) in [5, 5.41) is 4.24. The molecule has 1 amide bonds. The molecule has 1 aliphatic carbocycles. The van der Waals surface area contributed by atoms with Crippen LogP contribution >= 0.6 is 11.3 Å². The quantitative estimate of drug-likeness (QED) is 0.840. The Labute approximate surface area is 142 Å². The third-order valence-electron chi connectivity index (χ3n) is 4.44. The van der Waals surface area contributed by atoms with E-state index < -0.39 is 0 Å². The number of nitrogens with one attached hydrogen (secondary N) is 1. The lowest BCUT2D eigenvalue weighted by Crippen LogP contribution is -2.34. The van der Waals surface area contributed by atoms with E-state index in [0.29, 0.717) is 6.04 Å². The molecule has 2 aromatic rings. The van der Waals surface area contributed by atoms with Crippen LogP contribution in [0.15, 0.2) is 30.3 Å². The molecule has 1 aliphatic rings. The molecule has 0 aliphatic heterocycles. The number of carbonyl (C=O) groups is 1. The number of thiazole rings is 1. The van der Waals surface area contributed by atoms with Crippen LogP contribution in [-0.4, -0.2) is 16.9 Å². The number of carbonyl (C=O) groups excluding carboxylic acids is 1. The Balaban J connectivity index is 1.66. The topological polar surface area (TPSA) is 42.0 Å². The number of amides is 1. The van der Waals surface area contributed by atoms with Crippen molar-refractivity contribution in [2.24, 2.45) is 0 Å². The maximum absolute atomic E-state index is 12.6. The molecule has 0 saturated heterocycles. The summed E-state index contributed by atoms with van der Waals surface area (Å²) in [6.45, 7) is 1.94. The fourth-order valence-corrected chi connectivity index (χ4v) is 4.19. The number of nitrogens with zero attached hydrogens (tertiary/aromatic N) is 1. The van der Waals surface area contributed by atoms with Crippen molar-refractivity contribution in [3.63, 3.8) is 0 Å². The van der Waals surface area contributed by atoms with Crippen molar-refractivity contribution in [1.82, 2.24) is 10.3 Å². The molecule has 0 unspecified atom stereocenters. The van der Waals surface area contributed by atoms with Gasteiger partial charge in [-0.1, -0.05) is 56.0 Å². The molecule has 122 valence electrons. The van der Waals surface area contributed by atoms with E-state index in [1.807, 2.05) is 25.1 Å². The van der Waals surface area contributed by atoms with Crippen LogP contribution < -0.4 is 5.32 Å². The van der Waals surface area contributed by atoms with Gasteiger partial charge in [0.1, 0.15) is 4.88 Å². The Bertz CT molecular complexity index is 643. The van der Waals surface area contributed by atoms with Crippen LogP contribution in [-0.2, 0) is 6.42 Å². The molecule has 23 heavy (non-hydrogen) atoms. The van der Waals surface area contributed by atoms with Crippen molar-refractivity contribution in [2.75, 3.05) is 0 Å². The summed E-state index contributed by atoms with van der Waals surface area (Å²) in [6, 6.07) is 10.6. The summed E-state index contributed by atoms with van der Waals surface area (Å²) in [7, 11) is 0. The minimum Gasteiger partial charge on any atom is -0.349 e. The van der Waals surface area contributed by atoms with Crippen molar-refractivity contribution >= 4 is 17.2 Å². The summed E-state index contributed by atoms with van der Waals surface area (Å²) in [5.41, 5.74) is 2.09. The molecule has 1 heterocycles. The Morgan fingerprint density at radius 1 is 1.17 bits per heavy atom. The first kappa shape index (κ1) is 16.2. The summed E-state index contributed by atoms with van der Waals surface area (Å²) in [5.74, 6) is 0.0613. The lowest BCUT2D eigenvalue weighted by molar-refractivity contribution is 0.0936. The first-order valence-corrected chi connectivity index (χ1v) is 9.35. The van der Waals surface area contributed by atoms with Gasteiger partial charge in [-0.15, -0.1) is 11.3 Å². The van der Waals surface area contributed by atoms with Gasteiger partial charge in [-0.25, -0.2) is 4.98 Å². The van der Waals surface area contributed by atoms with Crippen LogP contribution in [0.3, 0.4) is 0 Å². The average molecular weight is 328 g/mol. The van der Waals surface area contributed by atoms with Crippen LogP contribution in [0.5, 0.6) is 0 Å². The molecule has 0 spiro atoms. The predicted molar refractivity (Wildman–Crippen MR) is 95.1 cm³/mol. The van der Waals surface area contributed by atoms with Gasteiger partial charge in [0.25, 0.3) is 5.91 Å². The Hall–Kier alpha value is -1.68. The molecule has 1 N–H and O–H groups in total. The molecule has 3 rings (SSSR count). The van der Waals surface area contributed by atoms with Gasteiger partial charge in [0.2, 0.25) is 0 Å². The highest BCUT2D eigenvalue weighted by Crippen LogP contribution is 2.22. The number of hydrogen-bond acceptors (Lipinski definition) is 3. The summed E-state index contributed by atoms with van der Waals surface area (Å²) >= 11 is 1.53. The van der Waals surface area contributed by atoms with E-state index in [1.54, 1.807) is 0 Å². The van der Waals surface area contributed by atoms with Gasteiger partial charge >= 0.3 is 0 Å². The van der Waals surface area contributed by atoms with Gasteiger partial charge in [0, 0.05) is 12.5 Å². The lowest BCUT2D eigenvalue weighted by Gasteiger charge is -2.15. The van der Waals surface area contributed by atoms with Crippen molar-refractivity contribution in [1.29, 1.82) is 0 Å². The van der Waals surface area contributed by atoms with E-state index in [0.717, 1.165) is 34.8 Å². The van der Waals surface area contributed by atoms with Gasteiger partial charge in [-0.3, -0.25) is 4.79 Å². The third kappa shape index (κ3) is 4.41. The third-order valence-corrected chi connectivity index (χ3v) is 5.59. The molecule has 1 aromatic carbocycles. The highest BCUT2D eigenvalue weighted by atomic mass is 32.1.